The molecule has 0 saturated heterocycles. The van der Waals surface area contributed by atoms with Crippen LogP contribution in [-0.2, 0) is 17.0 Å². The molecule has 3 N–H and O–H groups in total. The van der Waals surface area contributed by atoms with Gasteiger partial charge in [-0.3, -0.25) is 0 Å². The highest BCUT2D eigenvalue weighted by molar-refractivity contribution is 7.86. The molecular formula is C24H10Cl2F8N6O3S. The lowest BCUT2D eigenvalue weighted by molar-refractivity contribution is -0.286. The number of halogens is 10. The number of hydrogen-bond acceptors (Lipinski definition) is 7. The van der Waals surface area contributed by atoms with Crippen LogP contribution in [-0.4, -0.2) is 30.8 Å². The molecule has 0 fully saturated rings. The van der Waals surface area contributed by atoms with Gasteiger partial charge < -0.3 is 20.2 Å². The van der Waals surface area contributed by atoms with Crippen molar-refractivity contribution in [1.29, 1.82) is 10.5 Å². The molecule has 2 aromatic heterocycles. The number of nitrogens with one attached hydrogen (secondary N) is 1. The van der Waals surface area contributed by atoms with Crippen molar-refractivity contribution < 1.29 is 48.8 Å². The van der Waals surface area contributed by atoms with Gasteiger partial charge in [-0.15, -0.1) is 8.78 Å². The summed E-state index contributed by atoms with van der Waals surface area (Å²) in [6, 6.07) is 8.70. The summed E-state index contributed by atoms with van der Waals surface area (Å²) in [5.41, 5.74) is -1.18. The molecule has 230 valence electrons. The molecule has 1 unspecified atom stereocenters. The molecule has 0 saturated carbocycles. The SMILES string of the molecule is N#Cc1c[nH]cc1-c1cccc2c1OC(F)(F)O2.N#Cc1nn(-c2c(Cl)cc(C(F)(F)F)cc2Cl)c(N)c1S(=O)C(F)(F)F. The lowest BCUT2D eigenvalue weighted by atomic mass is 10.0. The number of ether oxygens (including phenoxy) is 2. The predicted molar refractivity (Wildman–Crippen MR) is 137 cm³/mol. The lowest BCUT2D eigenvalue weighted by Gasteiger charge is -2.13. The van der Waals surface area contributed by atoms with Gasteiger partial charge in [-0.1, -0.05) is 35.3 Å². The van der Waals surface area contributed by atoms with Crippen LogP contribution in [0.4, 0.5) is 40.9 Å². The van der Waals surface area contributed by atoms with Crippen molar-refractivity contribution in [2.75, 3.05) is 5.73 Å². The minimum atomic E-state index is -5.25. The molecule has 0 bridgehead atoms. The molecule has 1 atom stereocenters. The molecule has 0 aliphatic carbocycles. The van der Waals surface area contributed by atoms with Gasteiger partial charge in [0.25, 0.3) is 0 Å². The van der Waals surface area contributed by atoms with Crippen molar-refractivity contribution in [3.05, 3.63) is 69.6 Å². The molecule has 1 aliphatic heterocycles. The van der Waals surface area contributed by atoms with Crippen molar-refractivity contribution in [1.82, 2.24) is 14.8 Å². The molecule has 4 aromatic rings. The monoisotopic (exact) mass is 684 g/mol. The summed E-state index contributed by atoms with van der Waals surface area (Å²) < 4.78 is 123. The minimum absolute atomic E-state index is 0.0393. The highest BCUT2D eigenvalue weighted by atomic mass is 35.5. The van der Waals surface area contributed by atoms with Gasteiger partial charge in [0, 0.05) is 23.5 Å². The first kappa shape index (κ1) is 32.4. The van der Waals surface area contributed by atoms with Crippen molar-refractivity contribution in [3.63, 3.8) is 0 Å². The van der Waals surface area contributed by atoms with E-state index in [0.29, 0.717) is 33.5 Å². The summed E-state index contributed by atoms with van der Waals surface area (Å²) in [4.78, 5) is 1.61. The van der Waals surface area contributed by atoms with Crippen LogP contribution in [0.25, 0.3) is 16.8 Å². The molecule has 44 heavy (non-hydrogen) atoms. The van der Waals surface area contributed by atoms with Gasteiger partial charge in [-0.05, 0) is 18.2 Å². The number of para-hydroxylation sites is 1. The topological polar surface area (TPSA) is 143 Å². The van der Waals surface area contributed by atoms with Crippen LogP contribution in [0.2, 0.25) is 10.0 Å². The van der Waals surface area contributed by atoms with E-state index < -0.39 is 66.5 Å². The second-order valence-corrected chi connectivity index (χ2v) is 10.5. The zero-order valence-corrected chi connectivity index (χ0v) is 23.1. The average molecular weight is 685 g/mol. The van der Waals surface area contributed by atoms with Gasteiger partial charge in [0.15, 0.2) is 28.0 Å². The molecular weight excluding hydrogens is 675 g/mol. The summed E-state index contributed by atoms with van der Waals surface area (Å²) in [7, 11) is -3.71. The van der Waals surface area contributed by atoms with E-state index in [4.69, 9.17) is 39.5 Å². The Labute approximate surface area is 252 Å². The van der Waals surface area contributed by atoms with Crippen molar-refractivity contribution >= 4 is 39.8 Å². The van der Waals surface area contributed by atoms with Crippen LogP contribution in [0.3, 0.4) is 0 Å². The Balaban J connectivity index is 0.000000213. The second kappa shape index (κ2) is 11.5. The Morgan fingerprint density at radius 2 is 1.64 bits per heavy atom. The number of fused-ring (bicyclic) bond motifs is 1. The molecule has 0 radical (unpaired) electrons. The van der Waals surface area contributed by atoms with Gasteiger partial charge in [-0.2, -0.15) is 42.0 Å². The minimum Gasteiger partial charge on any atom is -0.395 e. The summed E-state index contributed by atoms with van der Waals surface area (Å²) in [5, 5.41) is 20.0. The second-order valence-electron chi connectivity index (χ2n) is 8.28. The number of anilines is 1. The maximum Gasteiger partial charge on any atom is 0.586 e. The summed E-state index contributed by atoms with van der Waals surface area (Å²) >= 11 is 11.5. The van der Waals surface area contributed by atoms with Gasteiger partial charge in [-0.25, -0.2) is 8.89 Å². The molecule has 9 nitrogen and oxygen atoms in total. The maximum atomic E-state index is 13.0. The predicted octanol–water partition coefficient (Wildman–Crippen LogP) is 7.15. The van der Waals surface area contributed by atoms with E-state index in [2.05, 4.69) is 19.6 Å². The zero-order chi connectivity index (χ0) is 32.8. The Morgan fingerprint density at radius 1 is 1.00 bits per heavy atom. The number of rotatable bonds is 3. The lowest BCUT2D eigenvalue weighted by Crippen LogP contribution is -2.26. The first-order valence-electron chi connectivity index (χ1n) is 11.2. The Bertz CT molecular complexity index is 1850. The molecule has 2 aromatic carbocycles. The first-order chi connectivity index (χ1) is 20.4. The van der Waals surface area contributed by atoms with E-state index in [1.165, 1.54) is 18.3 Å². The fourth-order valence-electron chi connectivity index (χ4n) is 3.75. The maximum absolute atomic E-state index is 13.0. The molecule has 20 heteroatoms. The van der Waals surface area contributed by atoms with Crippen molar-refractivity contribution in [2.45, 2.75) is 22.9 Å². The van der Waals surface area contributed by atoms with Crippen LogP contribution in [0, 0.1) is 22.7 Å². The van der Waals surface area contributed by atoms with E-state index in [9.17, 15) is 39.3 Å². The van der Waals surface area contributed by atoms with Crippen LogP contribution >= 0.6 is 23.2 Å². The fourth-order valence-corrected chi connectivity index (χ4v) is 5.17. The molecule has 0 amide bonds. The smallest absolute Gasteiger partial charge is 0.395 e. The largest absolute Gasteiger partial charge is 0.586 e. The summed E-state index contributed by atoms with van der Waals surface area (Å²) in [5.74, 6) is -0.998. The number of nitrogens with zero attached hydrogens (tertiary/aromatic N) is 4. The van der Waals surface area contributed by atoms with Crippen LogP contribution in [0.1, 0.15) is 16.8 Å². The number of aromatic nitrogens is 3. The number of nitriles is 2. The third-order valence-electron chi connectivity index (χ3n) is 5.52. The third kappa shape index (κ3) is 6.23. The van der Waals surface area contributed by atoms with Gasteiger partial charge >= 0.3 is 18.0 Å². The Kier molecular flexibility index (Phi) is 8.49. The first-order valence-corrected chi connectivity index (χ1v) is 13.1. The number of H-pyrrole nitrogens is 1. The highest BCUT2D eigenvalue weighted by Gasteiger charge is 2.45. The molecule has 5 rings (SSSR count). The number of aromatic amines is 1. The van der Waals surface area contributed by atoms with E-state index in [0.717, 1.165) is 0 Å². The Hall–Kier alpha value is -4.52. The molecule has 1 aliphatic rings. The number of benzene rings is 2. The van der Waals surface area contributed by atoms with Gasteiger partial charge in [0.2, 0.25) is 0 Å². The van der Waals surface area contributed by atoms with E-state index in [-0.39, 0.29) is 11.5 Å². The quantitative estimate of drug-likeness (QED) is 0.218. The Morgan fingerprint density at radius 3 is 2.18 bits per heavy atom. The fraction of sp³-hybridized carbons (Fsp3) is 0.125. The highest BCUT2D eigenvalue weighted by Crippen LogP contribution is 2.47. The van der Waals surface area contributed by atoms with Crippen molar-refractivity contribution in [3.8, 4) is 40.5 Å². The third-order valence-corrected chi connectivity index (χ3v) is 7.29. The van der Waals surface area contributed by atoms with E-state index in [1.807, 2.05) is 6.07 Å². The van der Waals surface area contributed by atoms with Crippen LogP contribution < -0.4 is 15.2 Å². The van der Waals surface area contributed by atoms with Gasteiger partial charge in [0.1, 0.15) is 28.5 Å². The van der Waals surface area contributed by atoms with E-state index >= 15 is 0 Å². The zero-order valence-electron chi connectivity index (χ0n) is 20.8. The van der Waals surface area contributed by atoms with Crippen molar-refractivity contribution in [2.24, 2.45) is 0 Å². The van der Waals surface area contributed by atoms with E-state index in [1.54, 1.807) is 18.3 Å². The molecule has 3 heterocycles. The standard InChI is InChI=1S/C12H4Cl2F6N4OS.C12H6F2N2O2/c13-5-1-4(11(15,16)17)2-6(14)8(5)24-10(22)9(7(3-21)23-24)26(25)12(18,19)20;13-12(14)17-10-3-1-2-8(11(10)18-12)9-6-16-5-7(9)4-15/h1-2H,22H2;1-3,5-6,16H. The van der Waals surface area contributed by atoms with Crippen LogP contribution in [0.5, 0.6) is 11.5 Å². The average Bonchev–Trinajstić information content (AvgIpc) is 3.61. The summed E-state index contributed by atoms with van der Waals surface area (Å²) in [6.45, 7) is 0. The van der Waals surface area contributed by atoms with Crippen LogP contribution in [0.15, 0.2) is 47.6 Å². The molecule has 0 spiro atoms. The summed E-state index contributed by atoms with van der Waals surface area (Å²) in [6.07, 6.45) is -5.42. The van der Waals surface area contributed by atoms with Gasteiger partial charge in [0.05, 0.1) is 21.2 Å². The number of alkyl halides is 8. The normalized spacial score (nSPS) is 14.3. The number of hydrogen-bond donors (Lipinski definition) is 2. The number of nitrogen functional groups attached to an aromatic ring is 1. The number of nitrogens with two attached hydrogens (primary N) is 1.